The van der Waals surface area contributed by atoms with E-state index in [4.69, 9.17) is 5.73 Å². The number of carbonyl (C=O) groups is 1. The molecule has 0 heterocycles. The van der Waals surface area contributed by atoms with E-state index in [1.54, 1.807) is 0 Å². The minimum Gasteiger partial charge on any atom is -0.370 e. The first-order chi connectivity index (χ1) is 5.77. The van der Waals surface area contributed by atoms with Crippen LogP contribution in [0.1, 0.15) is 58.3 Å². The molecule has 0 bridgehead atoms. The van der Waals surface area contributed by atoms with Crippen molar-refractivity contribution in [2.45, 2.75) is 58.3 Å². The molecule has 2 N–H and O–H groups in total. The Hall–Kier alpha value is -0.240. The molecule has 0 rings (SSSR count). The highest BCUT2D eigenvalue weighted by Gasteiger charge is 1.94. The maximum atomic E-state index is 10.4. The largest absolute Gasteiger partial charge is 0.370 e. The van der Waals surface area contributed by atoms with Crippen LogP contribution in [0.25, 0.3) is 0 Å². The van der Waals surface area contributed by atoms with Crippen LogP contribution in [0.5, 0.6) is 0 Å². The van der Waals surface area contributed by atoms with Crippen molar-refractivity contribution in [3.63, 3.8) is 0 Å². The Balaban J connectivity index is 0. The Morgan fingerprint density at radius 1 is 1.00 bits per heavy atom. The molecular weight excluding hydrogens is 186 g/mol. The second kappa shape index (κ2) is 11.8. The number of rotatable bonds is 8. The van der Waals surface area contributed by atoms with Gasteiger partial charge in [0.25, 0.3) is 0 Å². The fourth-order valence-corrected chi connectivity index (χ4v) is 1.26. The zero-order valence-electron chi connectivity index (χ0n) is 8.55. The zero-order valence-corrected chi connectivity index (χ0v) is 9.37. The van der Waals surface area contributed by atoms with Crippen LogP contribution in [-0.4, -0.2) is 5.91 Å². The van der Waals surface area contributed by atoms with E-state index < -0.39 is 0 Å². The topological polar surface area (TPSA) is 43.1 Å². The number of hydrogen-bond acceptors (Lipinski definition) is 1. The molecule has 13 heavy (non-hydrogen) atoms. The maximum absolute atomic E-state index is 10.4. The molecule has 0 aliphatic heterocycles. The van der Waals surface area contributed by atoms with Gasteiger partial charge in [-0.15, -0.1) is 12.4 Å². The van der Waals surface area contributed by atoms with Gasteiger partial charge in [-0.25, -0.2) is 0 Å². The highest BCUT2D eigenvalue weighted by atomic mass is 35.5. The van der Waals surface area contributed by atoms with E-state index in [0.717, 1.165) is 12.8 Å². The van der Waals surface area contributed by atoms with Crippen LogP contribution in [0.2, 0.25) is 0 Å². The molecule has 0 atom stereocenters. The molecule has 0 aliphatic carbocycles. The Morgan fingerprint density at radius 3 is 1.92 bits per heavy atom. The third-order valence-electron chi connectivity index (χ3n) is 2.03. The minimum atomic E-state index is -0.163. The van der Waals surface area contributed by atoms with Gasteiger partial charge in [0, 0.05) is 6.42 Å². The molecule has 0 aromatic rings. The summed E-state index contributed by atoms with van der Waals surface area (Å²) >= 11 is 0. The van der Waals surface area contributed by atoms with Gasteiger partial charge in [-0.1, -0.05) is 45.4 Å². The van der Waals surface area contributed by atoms with Crippen molar-refractivity contribution in [3.8, 4) is 0 Å². The third kappa shape index (κ3) is 14.6. The van der Waals surface area contributed by atoms with Gasteiger partial charge in [0.1, 0.15) is 0 Å². The molecule has 0 spiro atoms. The molecule has 0 saturated carbocycles. The second-order valence-electron chi connectivity index (χ2n) is 3.34. The number of nitrogens with two attached hydrogens (primary N) is 1. The van der Waals surface area contributed by atoms with Crippen molar-refractivity contribution in [1.82, 2.24) is 0 Å². The van der Waals surface area contributed by atoms with Crippen molar-refractivity contribution in [3.05, 3.63) is 0 Å². The minimum absolute atomic E-state index is 0. The van der Waals surface area contributed by atoms with Gasteiger partial charge in [0.05, 0.1) is 0 Å². The van der Waals surface area contributed by atoms with Crippen LogP contribution in [0.4, 0.5) is 0 Å². The van der Waals surface area contributed by atoms with E-state index in [9.17, 15) is 4.79 Å². The standard InChI is InChI=1S/C10H21NO.ClH/c1-2-3-4-5-6-7-8-9-10(11)12;/h2-9H2,1H3,(H2,11,12);1H. The number of hydrogen-bond donors (Lipinski definition) is 1. The first kappa shape index (κ1) is 15.2. The van der Waals surface area contributed by atoms with Crippen LogP contribution in [0.3, 0.4) is 0 Å². The van der Waals surface area contributed by atoms with E-state index in [-0.39, 0.29) is 18.3 Å². The summed E-state index contributed by atoms with van der Waals surface area (Å²) < 4.78 is 0. The molecule has 80 valence electrons. The number of halogens is 1. The number of carbonyl (C=O) groups excluding carboxylic acids is 1. The van der Waals surface area contributed by atoms with Gasteiger partial charge in [-0.3, -0.25) is 4.79 Å². The van der Waals surface area contributed by atoms with Crippen molar-refractivity contribution in [2.75, 3.05) is 0 Å². The molecule has 0 fully saturated rings. The van der Waals surface area contributed by atoms with Crippen molar-refractivity contribution >= 4 is 18.3 Å². The van der Waals surface area contributed by atoms with Gasteiger partial charge in [0.2, 0.25) is 5.91 Å². The van der Waals surface area contributed by atoms with Crippen molar-refractivity contribution in [1.29, 1.82) is 0 Å². The van der Waals surface area contributed by atoms with E-state index in [1.165, 1.54) is 32.1 Å². The van der Waals surface area contributed by atoms with E-state index >= 15 is 0 Å². The van der Waals surface area contributed by atoms with Crippen LogP contribution in [0, 0.1) is 0 Å². The summed E-state index contributed by atoms with van der Waals surface area (Å²) in [6.45, 7) is 2.22. The Bertz CT molecular complexity index is 117. The quantitative estimate of drug-likeness (QED) is 0.611. The first-order valence-electron chi connectivity index (χ1n) is 5.05. The third-order valence-corrected chi connectivity index (χ3v) is 2.03. The predicted molar refractivity (Wildman–Crippen MR) is 59.1 cm³/mol. The number of primary amides is 1. The predicted octanol–water partition coefficient (Wildman–Crippen LogP) is 3.03. The van der Waals surface area contributed by atoms with Crippen LogP contribution < -0.4 is 5.73 Å². The first-order valence-corrected chi connectivity index (χ1v) is 5.05. The molecule has 2 nitrogen and oxygen atoms in total. The lowest BCUT2D eigenvalue weighted by atomic mass is 10.1. The van der Waals surface area contributed by atoms with Gasteiger partial charge >= 0.3 is 0 Å². The lowest BCUT2D eigenvalue weighted by Crippen LogP contribution is -2.09. The Labute approximate surface area is 87.7 Å². The van der Waals surface area contributed by atoms with E-state index in [1.807, 2.05) is 0 Å². The maximum Gasteiger partial charge on any atom is 0.217 e. The van der Waals surface area contributed by atoms with Crippen LogP contribution >= 0.6 is 12.4 Å². The SMILES string of the molecule is CCCCCCCCCC(N)=O.Cl. The number of unbranched alkanes of at least 4 members (excludes halogenated alkanes) is 6. The van der Waals surface area contributed by atoms with E-state index in [2.05, 4.69) is 6.92 Å². The molecule has 0 aromatic heterocycles. The summed E-state index contributed by atoms with van der Waals surface area (Å²) in [7, 11) is 0. The summed E-state index contributed by atoms with van der Waals surface area (Å²) in [6, 6.07) is 0. The lowest BCUT2D eigenvalue weighted by molar-refractivity contribution is -0.118. The molecule has 3 heteroatoms. The smallest absolute Gasteiger partial charge is 0.217 e. The van der Waals surface area contributed by atoms with Crippen molar-refractivity contribution in [2.24, 2.45) is 5.73 Å². The van der Waals surface area contributed by atoms with Gasteiger partial charge in [0.15, 0.2) is 0 Å². The highest BCUT2D eigenvalue weighted by Crippen LogP contribution is 2.07. The van der Waals surface area contributed by atoms with Crippen molar-refractivity contribution < 1.29 is 4.79 Å². The molecule has 1 amide bonds. The Morgan fingerprint density at radius 2 is 1.46 bits per heavy atom. The average molecular weight is 208 g/mol. The molecule has 0 radical (unpaired) electrons. The molecule has 0 aromatic carbocycles. The summed E-state index contributed by atoms with van der Waals surface area (Å²) in [5, 5.41) is 0. The lowest BCUT2D eigenvalue weighted by Gasteiger charge is -1.98. The molecule has 0 aliphatic rings. The summed E-state index contributed by atoms with van der Waals surface area (Å²) in [5.74, 6) is -0.163. The summed E-state index contributed by atoms with van der Waals surface area (Å²) in [6.07, 6.45) is 9.24. The fourth-order valence-electron chi connectivity index (χ4n) is 1.26. The molecule has 0 unspecified atom stereocenters. The molecular formula is C10H22ClNO. The fraction of sp³-hybridized carbons (Fsp3) is 0.900. The summed E-state index contributed by atoms with van der Waals surface area (Å²) in [5.41, 5.74) is 5.02. The highest BCUT2D eigenvalue weighted by molar-refractivity contribution is 5.85. The van der Waals surface area contributed by atoms with Gasteiger partial charge < -0.3 is 5.73 Å². The normalized spacial score (nSPS) is 9.31. The monoisotopic (exact) mass is 207 g/mol. The van der Waals surface area contributed by atoms with Gasteiger partial charge in [-0.2, -0.15) is 0 Å². The van der Waals surface area contributed by atoms with Crippen LogP contribution in [0.15, 0.2) is 0 Å². The number of amides is 1. The Kier molecular flexibility index (Phi) is 13.8. The molecule has 0 saturated heterocycles. The second-order valence-corrected chi connectivity index (χ2v) is 3.34. The van der Waals surface area contributed by atoms with E-state index in [0.29, 0.717) is 6.42 Å². The zero-order chi connectivity index (χ0) is 9.23. The van der Waals surface area contributed by atoms with Gasteiger partial charge in [-0.05, 0) is 6.42 Å². The van der Waals surface area contributed by atoms with Crippen LogP contribution in [-0.2, 0) is 4.79 Å². The summed E-state index contributed by atoms with van der Waals surface area (Å²) in [4.78, 5) is 10.4. The average Bonchev–Trinajstić information content (AvgIpc) is 2.02.